The highest BCUT2D eigenvalue weighted by Crippen LogP contribution is 2.28. The number of hydrogen-bond donors (Lipinski definition) is 2. The summed E-state index contributed by atoms with van der Waals surface area (Å²) in [6.45, 7) is 5.02. The van der Waals surface area contributed by atoms with Gasteiger partial charge in [0.05, 0.1) is 26.5 Å². The van der Waals surface area contributed by atoms with E-state index in [1.807, 2.05) is 62.4 Å². The molecule has 1 heterocycles. The van der Waals surface area contributed by atoms with Crippen LogP contribution < -0.4 is 24.8 Å². The Kier molecular flexibility index (Phi) is 6.73. The van der Waals surface area contributed by atoms with Crippen LogP contribution in [-0.4, -0.2) is 37.3 Å². The first-order valence-electron chi connectivity index (χ1n) is 9.35. The van der Waals surface area contributed by atoms with Gasteiger partial charge in [-0.25, -0.2) is 4.98 Å². The lowest BCUT2D eigenvalue weighted by Crippen LogP contribution is -2.14. The maximum atomic E-state index is 5.72. The zero-order chi connectivity index (χ0) is 20.6. The highest BCUT2D eigenvalue weighted by molar-refractivity contribution is 5.65. The summed E-state index contributed by atoms with van der Waals surface area (Å²) in [5, 5.41) is 6.51. The Bertz CT molecular complexity index is 945. The fourth-order valence-electron chi connectivity index (χ4n) is 2.77. The third-order valence-electron chi connectivity index (χ3n) is 4.19. The van der Waals surface area contributed by atoms with Gasteiger partial charge in [-0.2, -0.15) is 4.98 Å². The SMILES string of the molecule is COc1ccc(OCCNc2nc(C)cc(Nc3cc(C)ccc3OC)n2)cc1. The smallest absolute Gasteiger partial charge is 0.224 e. The zero-order valence-corrected chi connectivity index (χ0v) is 17.2. The molecule has 3 aromatic rings. The number of nitrogens with one attached hydrogen (secondary N) is 2. The van der Waals surface area contributed by atoms with Crippen molar-refractivity contribution < 1.29 is 14.2 Å². The van der Waals surface area contributed by atoms with Gasteiger partial charge in [0, 0.05) is 11.8 Å². The normalized spacial score (nSPS) is 10.3. The van der Waals surface area contributed by atoms with Gasteiger partial charge in [0.25, 0.3) is 0 Å². The molecule has 0 unspecified atom stereocenters. The molecule has 0 saturated heterocycles. The third kappa shape index (κ3) is 5.75. The molecule has 0 aliphatic heterocycles. The molecule has 0 aliphatic rings. The molecular weight excluding hydrogens is 368 g/mol. The highest BCUT2D eigenvalue weighted by Gasteiger charge is 2.07. The minimum atomic E-state index is 0.484. The monoisotopic (exact) mass is 394 g/mol. The maximum Gasteiger partial charge on any atom is 0.224 e. The molecule has 1 aromatic heterocycles. The van der Waals surface area contributed by atoms with E-state index in [1.165, 1.54) is 0 Å². The van der Waals surface area contributed by atoms with Crippen LogP contribution in [0, 0.1) is 13.8 Å². The molecule has 0 saturated carbocycles. The van der Waals surface area contributed by atoms with Crippen molar-refractivity contribution in [2.24, 2.45) is 0 Å². The molecule has 0 bridgehead atoms. The first-order valence-corrected chi connectivity index (χ1v) is 9.35. The van der Waals surface area contributed by atoms with E-state index >= 15 is 0 Å². The number of nitrogens with zero attached hydrogens (tertiary/aromatic N) is 2. The Balaban J connectivity index is 1.59. The van der Waals surface area contributed by atoms with Gasteiger partial charge < -0.3 is 24.8 Å². The van der Waals surface area contributed by atoms with Crippen molar-refractivity contribution in [1.29, 1.82) is 0 Å². The van der Waals surface area contributed by atoms with Crippen molar-refractivity contribution in [1.82, 2.24) is 9.97 Å². The third-order valence-corrected chi connectivity index (χ3v) is 4.19. The molecule has 2 aromatic carbocycles. The van der Waals surface area contributed by atoms with Crippen molar-refractivity contribution in [2.75, 3.05) is 38.0 Å². The van der Waals surface area contributed by atoms with Crippen molar-refractivity contribution in [3.05, 3.63) is 59.8 Å². The van der Waals surface area contributed by atoms with E-state index < -0.39 is 0 Å². The summed E-state index contributed by atoms with van der Waals surface area (Å²) >= 11 is 0. The van der Waals surface area contributed by atoms with Gasteiger partial charge in [-0.05, 0) is 55.8 Å². The van der Waals surface area contributed by atoms with Crippen molar-refractivity contribution >= 4 is 17.5 Å². The summed E-state index contributed by atoms with van der Waals surface area (Å²) in [4.78, 5) is 8.98. The Morgan fingerprint density at radius 3 is 2.34 bits per heavy atom. The van der Waals surface area contributed by atoms with E-state index in [0.29, 0.717) is 24.9 Å². The van der Waals surface area contributed by atoms with Crippen molar-refractivity contribution in [2.45, 2.75) is 13.8 Å². The molecule has 0 radical (unpaired) electrons. The lowest BCUT2D eigenvalue weighted by Gasteiger charge is -2.13. The number of ether oxygens (including phenoxy) is 3. The first-order chi connectivity index (χ1) is 14.1. The second kappa shape index (κ2) is 9.64. The molecule has 29 heavy (non-hydrogen) atoms. The molecule has 0 atom stereocenters. The molecule has 0 fully saturated rings. The summed E-state index contributed by atoms with van der Waals surface area (Å²) in [7, 11) is 3.29. The molecule has 0 amide bonds. The molecule has 152 valence electrons. The van der Waals surface area contributed by atoms with Crippen LogP contribution in [0.2, 0.25) is 0 Å². The quantitative estimate of drug-likeness (QED) is 0.523. The van der Waals surface area contributed by atoms with Gasteiger partial charge >= 0.3 is 0 Å². The summed E-state index contributed by atoms with van der Waals surface area (Å²) in [6.07, 6.45) is 0. The van der Waals surface area contributed by atoms with E-state index in [2.05, 4.69) is 20.6 Å². The fraction of sp³-hybridized carbons (Fsp3) is 0.273. The Morgan fingerprint density at radius 2 is 1.62 bits per heavy atom. The predicted molar refractivity (Wildman–Crippen MR) is 115 cm³/mol. The van der Waals surface area contributed by atoms with E-state index in [4.69, 9.17) is 14.2 Å². The summed E-state index contributed by atoms with van der Waals surface area (Å²) < 4.78 is 16.3. The van der Waals surface area contributed by atoms with Crippen LogP contribution in [-0.2, 0) is 0 Å². The van der Waals surface area contributed by atoms with Crippen LogP contribution in [0.25, 0.3) is 0 Å². The topological polar surface area (TPSA) is 77.5 Å². The van der Waals surface area contributed by atoms with Gasteiger partial charge in [0.1, 0.15) is 29.7 Å². The van der Waals surface area contributed by atoms with E-state index in [1.54, 1.807) is 14.2 Å². The average Bonchev–Trinajstić information content (AvgIpc) is 2.71. The highest BCUT2D eigenvalue weighted by atomic mass is 16.5. The summed E-state index contributed by atoms with van der Waals surface area (Å²) in [5.41, 5.74) is 2.85. The number of aryl methyl sites for hydroxylation is 2. The van der Waals surface area contributed by atoms with Crippen molar-refractivity contribution in [3.63, 3.8) is 0 Å². The summed E-state index contributed by atoms with van der Waals surface area (Å²) in [6, 6.07) is 15.3. The van der Waals surface area contributed by atoms with Crippen LogP contribution in [0.15, 0.2) is 48.5 Å². The second-order valence-electron chi connectivity index (χ2n) is 6.50. The van der Waals surface area contributed by atoms with E-state index in [9.17, 15) is 0 Å². The number of benzene rings is 2. The molecule has 7 nitrogen and oxygen atoms in total. The molecule has 3 rings (SSSR count). The van der Waals surface area contributed by atoms with Gasteiger partial charge in [-0.3, -0.25) is 0 Å². The lowest BCUT2D eigenvalue weighted by atomic mass is 10.2. The number of aromatic nitrogens is 2. The number of methoxy groups -OCH3 is 2. The molecule has 2 N–H and O–H groups in total. The van der Waals surface area contributed by atoms with Gasteiger partial charge in [0.2, 0.25) is 5.95 Å². The lowest BCUT2D eigenvalue weighted by molar-refractivity contribution is 0.331. The van der Waals surface area contributed by atoms with Crippen LogP contribution in [0.4, 0.5) is 17.5 Å². The average molecular weight is 394 g/mol. The van der Waals surface area contributed by atoms with Crippen LogP contribution in [0.5, 0.6) is 17.2 Å². The Hall–Kier alpha value is -3.48. The molecular formula is C22H26N4O3. The predicted octanol–water partition coefficient (Wildman–Crippen LogP) is 4.35. The first kappa shape index (κ1) is 20.3. The number of hydrogen-bond acceptors (Lipinski definition) is 7. The molecule has 7 heteroatoms. The van der Waals surface area contributed by atoms with E-state index in [0.717, 1.165) is 34.2 Å². The minimum Gasteiger partial charge on any atom is -0.497 e. The van der Waals surface area contributed by atoms with Crippen LogP contribution in [0.3, 0.4) is 0 Å². The summed E-state index contributed by atoms with van der Waals surface area (Å²) in [5.74, 6) is 3.58. The number of anilines is 3. The zero-order valence-electron chi connectivity index (χ0n) is 17.2. The van der Waals surface area contributed by atoms with Crippen molar-refractivity contribution in [3.8, 4) is 17.2 Å². The largest absolute Gasteiger partial charge is 0.497 e. The fourth-order valence-corrected chi connectivity index (χ4v) is 2.77. The maximum absolute atomic E-state index is 5.72. The van der Waals surface area contributed by atoms with E-state index in [-0.39, 0.29) is 0 Å². The molecule has 0 spiro atoms. The van der Waals surface area contributed by atoms with Gasteiger partial charge in [-0.15, -0.1) is 0 Å². The van der Waals surface area contributed by atoms with Gasteiger partial charge in [-0.1, -0.05) is 6.07 Å². The Labute approximate surface area is 171 Å². The molecule has 0 aliphatic carbocycles. The van der Waals surface area contributed by atoms with Crippen LogP contribution in [0.1, 0.15) is 11.3 Å². The second-order valence-corrected chi connectivity index (χ2v) is 6.50. The number of rotatable bonds is 9. The standard InChI is InChI=1S/C22H26N4O3/c1-15-5-10-20(28-4)19(13-15)25-21-14-16(2)24-22(26-21)23-11-12-29-18-8-6-17(27-3)7-9-18/h5-10,13-14H,11-12H2,1-4H3,(H2,23,24,25,26). The Morgan fingerprint density at radius 1 is 0.862 bits per heavy atom. The minimum absolute atomic E-state index is 0.484. The van der Waals surface area contributed by atoms with Crippen LogP contribution >= 0.6 is 0 Å². The van der Waals surface area contributed by atoms with Gasteiger partial charge in [0.15, 0.2) is 0 Å².